The molecule has 1 unspecified atom stereocenters. The van der Waals surface area contributed by atoms with Gasteiger partial charge in [-0.15, -0.1) is 0 Å². The van der Waals surface area contributed by atoms with Crippen LogP contribution in [0, 0.1) is 10.1 Å². The molecule has 1 aromatic rings. The number of esters is 1. The Morgan fingerprint density at radius 2 is 2.11 bits per heavy atom. The lowest BCUT2D eigenvalue weighted by molar-refractivity contribution is -0.530. The van der Waals surface area contributed by atoms with Crippen LogP contribution in [0.4, 0.5) is 0 Å². The number of hydrogen-bond donors (Lipinski definition) is 0. The second kappa shape index (κ2) is 8.02. The summed E-state index contributed by atoms with van der Waals surface area (Å²) in [6, 6.07) is 8.03. The highest BCUT2D eigenvalue weighted by atomic mass is 16.6. The van der Waals surface area contributed by atoms with Crippen molar-refractivity contribution in [1.29, 1.82) is 0 Å². The quantitative estimate of drug-likeness (QED) is 0.313. The first-order valence-electron chi connectivity index (χ1n) is 6.10. The summed E-state index contributed by atoms with van der Waals surface area (Å²) in [6.45, 7) is 3.61. The average molecular weight is 263 g/mol. The number of benzene rings is 1. The van der Waals surface area contributed by atoms with E-state index in [2.05, 4.69) is 6.58 Å². The number of nitrogens with zero attached hydrogens (tertiary/aromatic N) is 1. The molecule has 102 valence electrons. The van der Waals surface area contributed by atoms with E-state index in [1.54, 1.807) is 24.3 Å². The molecule has 0 aliphatic rings. The van der Waals surface area contributed by atoms with E-state index in [1.807, 2.05) is 6.07 Å². The normalized spacial score (nSPS) is 11.6. The van der Waals surface area contributed by atoms with Crippen LogP contribution >= 0.6 is 0 Å². The van der Waals surface area contributed by atoms with Crippen LogP contribution in [-0.2, 0) is 9.53 Å². The van der Waals surface area contributed by atoms with Crippen LogP contribution in [0.5, 0.6) is 0 Å². The summed E-state index contributed by atoms with van der Waals surface area (Å²) >= 11 is 0. The van der Waals surface area contributed by atoms with Crippen molar-refractivity contribution in [3.8, 4) is 0 Å². The van der Waals surface area contributed by atoms with Crippen LogP contribution in [0.1, 0.15) is 30.9 Å². The van der Waals surface area contributed by atoms with Gasteiger partial charge < -0.3 is 4.74 Å². The van der Waals surface area contributed by atoms with Crippen molar-refractivity contribution < 1.29 is 14.5 Å². The lowest BCUT2D eigenvalue weighted by Crippen LogP contribution is -2.12. The molecule has 0 radical (unpaired) electrons. The van der Waals surface area contributed by atoms with Crippen LogP contribution in [0.3, 0.4) is 0 Å². The van der Waals surface area contributed by atoms with Gasteiger partial charge in [0.15, 0.2) is 0 Å². The van der Waals surface area contributed by atoms with Gasteiger partial charge in [0.1, 0.15) is 6.61 Å². The molecule has 0 heterocycles. The molecule has 0 N–H and O–H groups in total. The molecule has 0 bridgehead atoms. The van der Waals surface area contributed by atoms with Gasteiger partial charge in [-0.05, 0) is 6.42 Å². The zero-order valence-electron chi connectivity index (χ0n) is 10.7. The summed E-state index contributed by atoms with van der Waals surface area (Å²) < 4.78 is 4.81. The Balaban J connectivity index is 2.46. The minimum Gasteiger partial charge on any atom is -0.461 e. The minimum absolute atomic E-state index is 0.177. The molecule has 0 aliphatic carbocycles. The maximum Gasteiger partial charge on any atom is 0.306 e. The van der Waals surface area contributed by atoms with E-state index < -0.39 is 6.04 Å². The number of ether oxygens (including phenoxy) is 1. The van der Waals surface area contributed by atoms with E-state index >= 15 is 0 Å². The number of carbonyl (C=O) groups is 1. The molecule has 5 nitrogen and oxygen atoms in total. The van der Waals surface area contributed by atoms with E-state index in [0.29, 0.717) is 18.4 Å². The number of rotatable bonds is 8. The van der Waals surface area contributed by atoms with Gasteiger partial charge in [-0.1, -0.05) is 43.0 Å². The smallest absolute Gasteiger partial charge is 0.306 e. The molecule has 0 saturated carbocycles. The summed E-state index contributed by atoms with van der Waals surface area (Å²) in [5, 5.41) is 11.0. The fraction of sp³-hybridized carbons (Fsp3) is 0.357. The van der Waals surface area contributed by atoms with Crippen LogP contribution in [0.25, 0.3) is 0 Å². The molecule has 0 saturated heterocycles. The Morgan fingerprint density at radius 3 is 2.68 bits per heavy atom. The molecule has 19 heavy (non-hydrogen) atoms. The first-order valence-corrected chi connectivity index (χ1v) is 6.10. The molecule has 0 aromatic heterocycles. The topological polar surface area (TPSA) is 69.4 Å². The monoisotopic (exact) mass is 263 g/mol. The maximum atomic E-state index is 11.2. The Labute approximate surface area is 112 Å². The van der Waals surface area contributed by atoms with Gasteiger partial charge in [0, 0.05) is 23.3 Å². The van der Waals surface area contributed by atoms with E-state index in [1.165, 1.54) is 6.08 Å². The van der Waals surface area contributed by atoms with E-state index in [-0.39, 0.29) is 23.9 Å². The van der Waals surface area contributed by atoms with Gasteiger partial charge >= 0.3 is 5.97 Å². The third kappa shape index (κ3) is 5.33. The van der Waals surface area contributed by atoms with Gasteiger partial charge in [-0.3, -0.25) is 14.9 Å². The predicted molar refractivity (Wildman–Crippen MR) is 71.2 cm³/mol. The van der Waals surface area contributed by atoms with Gasteiger partial charge in [-0.25, -0.2) is 0 Å². The Kier molecular flexibility index (Phi) is 6.29. The Bertz CT molecular complexity index is 430. The number of nitro groups is 1. The fourth-order valence-corrected chi connectivity index (χ4v) is 1.73. The second-order valence-corrected chi connectivity index (χ2v) is 4.08. The highest BCUT2D eigenvalue weighted by molar-refractivity contribution is 5.69. The van der Waals surface area contributed by atoms with Crippen molar-refractivity contribution in [2.24, 2.45) is 0 Å². The fourth-order valence-electron chi connectivity index (χ4n) is 1.73. The summed E-state index contributed by atoms with van der Waals surface area (Å²) in [5.74, 6) is -0.352. The Hall–Kier alpha value is -2.17. The van der Waals surface area contributed by atoms with Gasteiger partial charge in [0.25, 0.3) is 0 Å². The largest absolute Gasteiger partial charge is 0.461 e. The van der Waals surface area contributed by atoms with Crippen molar-refractivity contribution in [1.82, 2.24) is 0 Å². The maximum absolute atomic E-state index is 11.2. The molecule has 1 atom stereocenters. The number of hydrogen-bond acceptors (Lipinski definition) is 4. The zero-order chi connectivity index (χ0) is 14.1. The molecular formula is C14H17NO4. The lowest BCUT2D eigenvalue weighted by atomic mass is 10.0. The molecule has 1 rings (SSSR count). The molecule has 1 aromatic carbocycles. The third-order valence-electron chi connectivity index (χ3n) is 2.66. The van der Waals surface area contributed by atoms with Crippen molar-refractivity contribution in [2.45, 2.75) is 25.3 Å². The highest BCUT2D eigenvalue weighted by Gasteiger charge is 2.22. The van der Waals surface area contributed by atoms with Gasteiger partial charge in [0.2, 0.25) is 6.04 Å². The first-order chi connectivity index (χ1) is 9.15. The minimum atomic E-state index is -0.770. The molecular weight excluding hydrogens is 246 g/mol. The van der Waals surface area contributed by atoms with Crippen molar-refractivity contribution in [3.63, 3.8) is 0 Å². The summed E-state index contributed by atoms with van der Waals surface area (Å²) in [4.78, 5) is 22.0. The SMILES string of the molecule is C=CCOC(=O)CCCC(c1ccccc1)[N+](=O)[O-]. The third-order valence-corrected chi connectivity index (χ3v) is 2.66. The second-order valence-electron chi connectivity index (χ2n) is 4.08. The zero-order valence-corrected chi connectivity index (χ0v) is 10.7. The van der Waals surface area contributed by atoms with E-state index in [0.717, 1.165) is 0 Å². The van der Waals surface area contributed by atoms with Crippen LogP contribution in [0.2, 0.25) is 0 Å². The van der Waals surface area contributed by atoms with Crippen molar-refractivity contribution >= 4 is 5.97 Å². The first kappa shape index (κ1) is 14.9. The molecule has 0 spiro atoms. The summed E-state index contributed by atoms with van der Waals surface area (Å²) in [5.41, 5.74) is 0.659. The number of carbonyl (C=O) groups excluding carboxylic acids is 1. The van der Waals surface area contributed by atoms with E-state index in [9.17, 15) is 14.9 Å². The molecule has 0 aliphatic heterocycles. The Morgan fingerprint density at radius 1 is 1.42 bits per heavy atom. The summed E-state index contributed by atoms with van der Waals surface area (Å²) in [7, 11) is 0. The molecule has 0 amide bonds. The van der Waals surface area contributed by atoms with Crippen LogP contribution in [0.15, 0.2) is 43.0 Å². The average Bonchev–Trinajstić information content (AvgIpc) is 2.42. The van der Waals surface area contributed by atoms with Gasteiger partial charge in [-0.2, -0.15) is 0 Å². The molecule has 0 fully saturated rings. The van der Waals surface area contributed by atoms with Crippen LogP contribution in [-0.4, -0.2) is 17.5 Å². The van der Waals surface area contributed by atoms with Crippen molar-refractivity contribution in [2.75, 3.05) is 6.61 Å². The van der Waals surface area contributed by atoms with Crippen molar-refractivity contribution in [3.05, 3.63) is 58.7 Å². The van der Waals surface area contributed by atoms with E-state index in [4.69, 9.17) is 4.74 Å². The summed E-state index contributed by atoms with van der Waals surface area (Å²) in [6.07, 6.45) is 2.42. The highest BCUT2D eigenvalue weighted by Crippen LogP contribution is 2.22. The lowest BCUT2D eigenvalue weighted by Gasteiger charge is -2.09. The van der Waals surface area contributed by atoms with Crippen LogP contribution < -0.4 is 0 Å². The van der Waals surface area contributed by atoms with Gasteiger partial charge in [0.05, 0.1) is 0 Å². The predicted octanol–water partition coefficient (Wildman–Crippen LogP) is 2.90. The molecule has 5 heteroatoms. The standard InChI is InChI=1S/C14H17NO4/c1-2-11-19-14(16)10-6-9-13(15(17)18)12-7-4-3-5-8-12/h2-5,7-8,13H,1,6,9-11H2.